The Morgan fingerprint density at radius 3 is 2.45 bits per heavy atom. The second-order valence-electron chi connectivity index (χ2n) is 6.10. The molecule has 0 aliphatic heterocycles. The SMILES string of the molecule is CCCCCC(C)(C)CNc1nc(Cl)nc(N(C)C)n1. The number of hydrogen-bond donors (Lipinski definition) is 1. The van der Waals surface area contributed by atoms with Gasteiger partial charge in [-0.15, -0.1) is 0 Å². The summed E-state index contributed by atoms with van der Waals surface area (Å²) in [5, 5.41) is 3.49. The molecule has 0 amide bonds. The second kappa shape index (κ2) is 7.62. The number of unbranched alkanes of at least 4 members (excludes halogenated alkanes) is 2. The molecule has 1 N–H and O–H groups in total. The van der Waals surface area contributed by atoms with Crippen LogP contribution >= 0.6 is 11.6 Å². The predicted octanol–water partition coefficient (Wildman–Crippen LogP) is 3.61. The molecule has 1 rings (SSSR count). The summed E-state index contributed by atoms with van der Waals surface area (Å²) in [4.78, 5) is 14.3. The first-order valence-corrected chi connectivity index (χ1v) is 7.54. The van der Waals surface area contributed by atoms with Crippen LogP contribution in [-0.2, 0) is 0 Å². The molecule has 1 heterocycles. The van der Waals surface area contributed by atoms with Crippen molar-refractivity contribution >= 4 is 23.5 Å². The van der Waals surface area contributed by atoms with Gasteiger partial charge >= 0.3 is 0 Å². The van der Waals surface area contributed by atoms with Gasteiger partial charge in [0.05, 0.1) is 0 Å². The van der Waals surface area contributed by atoms with E-state index in [9.17, 15) is 0 Å². The number of nitrogens with zero attached hydrogens (tertiary/aromatic N) is 4. The molecular weight excluding hydrogens is 274 g/mol. The summed E-state index contributed by atoms with van der Waals surface area (Å²) in [5.41, 5.74) is 0.215. The van der Waals surface area contributed by atoms with Gasteiger partial charge < -0.3 is 10.2 Å². The van der Waals surface area contributed by atoms with Crippen LogP contribution in [0.3, 0.4) is 0 Å². The molecule has 0 atom stereocenters. The molecule has 0 aliphatic rings. The van der Waals surface area contributed by atoms with E-state index in [2.05, 4.69) is 41.0 Å². The highest BCUT2D eigenvalue weighted by Crippen LogP contribution is 2.24. The highest BCUT2D eigenvalue weighted by Gasteiger charge is 2.18. The van der Waals surface area contributed by atoms with Gasteiger partial charge in [-0.2, -0.15) is 15.0 Å². The molecule has 0 spiro atoms. The third-order valence-electron chi connectivity index (χ3n) is 3.18. The van der Waals surface area contributed by atoms with Gasteiger partial charge in [0, 0.05) is 20.6 Å². The summed E-state index contributed by atoms with van der Waals surface area (Å²) in [5.74, 6) is 1.11. The zero-order chi connectivity index (χ0) is 15.2. The molecule has 0 aliphatic carbocycles. The zero-order valence-corrected chi connectivity index (χ0v) is 14.0. The fraction of sp³-hybridized carbons (Fsp3) is 0.786. The Hall–Kier alpha value is -1.10. The molecule has 0 radical (unpaired) electrons. The maximum atomic E-state index is 5.92. The van der Waals surface area contributed by atoms with E-state index in [1.807, 2.05) is 19.0 Å². The first kappa shape index (κ1) is 17.0. The zero-order valence-electron chi connectivity index (χ0n) is 13.2. The van der Waals surface area contributed by atoms with Crippen molar-refractivity contribution in [3.8, 4) is 0 Å². The summed E-state index contributed by atoms with van der Waals surface area (Å²) < 4.78 is 0. The summed E-state index contributed by atoms with van der Waals surface area (Å²) in [6.45, 7) is 7.56. The molecule has 1 aromatic rings. The van der Waals surface area contributed by atoms with Crippen LogP contribution in [-0.4, -0.2) is 35.6 Å². The molecule has 5 nitrogen and oxygen atoms in total. The minimum absolute atomic E-state index is 0.215. The Balaban J connectivity index is 2.60. The molecule has 0 unspecified atom stereocenters. The Morgan fingerprint density at radius 2 is 1.85 bits per heavy atom. The van der Waals surface area contributed by atoms with Crippen LogP contribution < -0.4 is 10.2 Å². The van der Waals surface area contributed by atoms with Crippen LogP contribution in [0.25, 0.3) is 0 Å². The lowest BCUT2D eigenvalue weighted by Crippen LogP contribution is -2.24. The molecule has 20 heavy (non-hydrogen) atoms. The van der Waals surface area contributed by atoms with E-state index >= 15 is 0 Å². The van der Waals surface area contributed by atoms with Crippen molar-refractivity contribution < 1.29 is 0 Å². The molecule has 0 aromatic carbocycles. The number of hydrogen-bond acceptors (Lipinski definition) is 5. The highest BCUT2D eigenvalue weighted by atomic mass is 35.5. The van der Waals surface area contributed by atoms with E-state index in [0.717, 1.165) is 6.54 Å². The Kier molecular flexibility index (Phi) is 6.46. The first-order valence-electron chi connectivity index (χ1n) is 7.17. The fourth-order valence-corrected chi connectivity index (χ4v) is 2.03. The normalized spacial score (nSPS) is 11.5. The third-order valence-corrected chi connectivity index (χ3v) is 3.35. The van der Waals surface area contributed by atoms with Gasteiger partial charge in [-0.05, 0) is 23.4 Å². The van der Waals surface area contributed by atoms with Gasteiger partial charge in [-0.1, -0.05) is 40.0 Å². The lowest BCUT2D eigenvalue weighted by molar-refractivity contribution is 0.342. The first-order chi connectivity index (χ1) is 9.34. The molecule has 6 heteroatoms. The molecule has 1 aromatic heterocycles. The number of anilines is 2. The lowest BCUT2D eigenvalue weighted by Gasteiger charge is -2.25. The third kappa shape index (κ3) is 5.90. The second-order valence-corrected chi connectivity index (χ2v) is 6.44. The fourth-order valence-electron chi connectivity index (χ4n) is 1.88. The topological polar surface area (TPSA) is 53.9 Å². The monoisotopic (exact) mass is 299 g/mol. The summed E-state index contributed by atoms with van der Waals surface area (Å²) in [6, 6.07) is 0. The van der Waals surface area contributed by atoms with Gasteiger partial charge in [-0.3, -0.25) is 0 Å². The Morgan fingerprint density at radius 1 is 1.15 bits per heavy atom. The Labute approximate surface area is 127 Å². The number of aromatic nitrogens is 3. The van der Waals surface area contributed by atoms with Crippen molar-refractivity contribution in [1.82, 2.24) is 15.0 Å². The largest absolute Gasteiger partial charge is 0.354 e. The quantitative estimate of drug-likeness (QED) is 0.743. The van der Waals surface area contributed by atoms with Crippen molar-refractivity contribution in [2.45, 2.75) is 46.5 Å². The van der Waals surface area contributed by atoms with Crippen molar-refractivity contribution in [2.24, 2.45) is 5.41 Å². The van der Waals surface area contributed by atoms with Gasteiger partial charge in [0.2, 0.25) is 17.2 Å². The molecule has 0 bridgehead atoms. The van der Waals surface area contributed by atoms with Crippen molar-refractivity contribution in [3.05, 3.63) is 5.28 Å². The molecule has 0 saturated carbocycles. The van der Waals surface area contributed by atoms with E-state index < -0.39 is 0 Å². The van der Waals surface area contributed by atoms with Crippen LogP contribution in [0, 0.1) is 5.41 Å². The van der Waals surface area contributed by atoms with E-state index in [0.29, 0.717) is 11.9 Å². The van der Waals surface area contributed by atoms with Crippen LogP contribution in [0.4, 0.5) is 11.9 Å². The van der Waals surface area contributed by atoms with E-state index in [1.54, 1.807) is 0 Å². The van der Waals surface area contributed by atoms with Gasteiger partial charge in [-0.25, -0.2) is 0 Å². The van der Waals surface area contributed by atoms with E-state index in [-0.39, 0.29) is 10.7 Å². The van der Waals surface area contributed by atoms with E-state index in [1.165, 1.54) is 25.7 Å². The molecule has 114 valence electrons. The minimum atomic E-state index is 0.215. The van der Waals surface area contributed by atoms with Crippen LogP contribution in [0.1, 0.15) is 46.5 Å². The summed E-state index contributed by atoms with van der Waals surface area (Å²) >= 11 is 5.92. The molecular formula is C14H26ClN5. The number of nitrogens with one attached hydrogen (secondary N) is 1. The van der Waals surface area contributed by atoms with Crippen LogP contribution in [0.15, 0.2) is 0 Å². The number of rotatable bonds is 8. The minimum Gasteiger partial charge on any atom is -0.354 e. The van der Waals surface area contributed by atoms with Crippen molar-refractivity contribution in [1.29, 1.82) is 0 Å². The standard InChI is InChI=1S/C14H26ClN5/c1-6-7-8-9-14(2,3)10-16-12-17-11(15)18-13(19-12)20(4)5/h6-10H2,1-5H3,(H,16,17,18,19). The average molecular weight is 300 g/mol. The predicted molar refractivity (Wildman–Crippen MR) is 85.6 cm³/mol. The van der Waals surface area contributed by atoms with Crippen molar-refractivity contribution in [3.63, 3.8) is 0 Å². The summed E-state index contributed by atoms with van der Waals surface area (Å²) in [7, 11) is 3.76. The van der Waals surface area contributed by atoms with Crippen molar-refractivity contribution in [2.75, 3.05) is 30.9 Å². The Bertz CT molecular complexity index is 420. The lowest BCUT2D eigenvalue weighted by atomic mass is 9.87. The van der Waals surface area contributed by atoms with E-state index in [4.69, 9.17) is 11.6 Å². The molecule has 0 saturated heterocycles. The number of halogens is 1. The maximum Gasteiger partial charge on any atom is 0.230 e. The van der Waals surface area contributed by atoms with Gasteiger partial charge in [0.25, 0.3) is 0 Å². The smallest absolute Gasteiger partial charge is 0.230 e. The highest BCUT2D eigenvalue weighted by molar-refractivity contribution is 6.28. The van der Waals surface area contributed by atoms with Gasteiger partial charge in [0.1, 0.15) is 0 Å². The maximum absolute atomic E-state index is 5.92. The average Bonchev–Trinajstić information content (AvgIpc) is 2.36. The van der Waals surface area contributed by atoms with Gasteiger partial charge in [0.15, 0.2) is 0 Å². The van der Waals surface area contributed by atoms with Crippen LogP contribution in [0.5, 0.6) is 0 Å². The van der Waals surface area contributed by atoms with Crippen LogP contribution in [0.2, 0.25) is 5.28 Å². The summed E-state index contributed by atoms with van der Waals surface area (Å²) in [6.07, 6.45) is 4.98. The molecule has 0 fully saturated rings.